The molecule has 52 heavy (non-hydrogen) atoms. The maximum atomic E-state index is 13.6. The summed E-state index contributed by atoms with van der Waals surface area (Å²) in [6.07, 6.45) is 2.72. The van der Waals surface area contributed by atoms with Crippen LogP contribution in [0.4, 0.5) is 15.3 Å². The van der Waals surface area contributed by atoms with Crippen LogP contribution in [0.5, 0.6) is 0 Å². The molecule has 4 amide bonds. The number of likely N-dealkylation sites (tertiary alicyclic amines) is 2. The van der Waals surface area contributed by atoms with Gasteiger partial charge in [-0.3, -0.25) is 14.6 Å². The van der Waals surface area contributed by atoms with Gasteiger partial charge in [-0.05, 0) is 73.4 Å². The fourth-order valence-corrected chi connectivity index (χ4v) is 7.33. The average molecular weight is 710 g/mol. The molecule has 1 aromatic heterocycles. The zero-order chi connectivity index (χ0) is 37.1. The van der Waals surface area contributed by atoms with Crippen molar-refractivity contribution in [3.8, 4) is 11.8 Å². The van der Waals surface area contributed by atoms with Gasteiger partial charge in [0.25, 0.3) is 0 Å². The lowest BCUT2D eigenvalue weighted by molar-refractivity contribution is -0.135. The summed E-state index contributed by atoms with van der Waals surface area (Å²) >= 11 is 0. The highest BCUT2D eigenvalue weighted by molar-refractivity contribution is 6.01. The Labute approximate surface area is 303 Å². The quantitative estimate of drug-likeness (QED) is 0.278. The number of fused-ring (bicyclic) bond motifs is 2. The lowest BCUT2D eigenvalue weighted by Gasteiger charge is -2.30. The Hall–Kier alpha value is -5.38. The smallest absolute Gasteiger partial charge is 0.407 e. The Morgan fingerprint density at radius 3 is 1.96 bits per heavy atom. The van der Waals surface area contributed by atoms with Crippen molar-refractivity contribution in [2.45, 2.75) is 84.0 Å². The van der Waals surface area contributed by atoms with Crippen LogP contribution in [-0.2, 0) is 25.5 Å². The third kappa shape index (κ3) is 7.61. The predicted molar refractivity (Wildman–Crippen MR) is 196 cm³/mol. The molecular weight excluding hydrogens is 662 g/mol. The minimum atomic E-state index is -0.697. The van der Waals surface area contributed by atoms with Crippen molar-refractivity contribution < 1.29 is 28.7 Å². The molecule has 0 bridgehead atoms. The molecule has 13 nitrogen and oxygen atoms in total. The van der Waals surface area contributed by atoms with Crippen LogP contribution < -0.4 is 10.6 Å². The topological polar surface area (TPSA) is 158 Å². The summed E-state index contributed by atoms with van der Waals surface area (Å²) in [5.74, 6) is 6.79. The number of imidazole rings is 1. The summed E-state index contributed by atoms with van der Waals surface area (Å²) in [6.45, 7) is 8.81. The number of carbonyl (C=O) groups is 4. The van der Waals surface area contributed by atoms with Gasteiger partial charge in [-0.1, -0.05) is 45.6 Å². The summed E-state index contributed by atoms with van der Waals surface area (Å²) in [7, 11) is 2.58. The van der Waals surface area contributed by atoms with Gasteiger partial charge in [-0.25, -0.2) is 14.6 Å². The minimum Gasteiger partial charge on any atom is -0.453 e. The number of nitrogens with zero attached hydrogens (tertiary/aromatic N) is 4. The van der Waals surface area contributed by atoms with Crippen LogP contribution >= 0.6 is 0 Å². The van der Waals surface area contributed by atoms with E-state index >= 15 is 0 Å². The van der Waals surface area contributed by atoms with Crippen LogP contribution in [0.15, 0.2) is 41.4 Å². The number of alkyl carbamates (subject to hydrolysis) is 2. The van der Waals surface area contributed by atoms with Crippen LogP contribution in [0.25, 0.3) is 11.0 Å². The van der Waals surface area contributed by atoms with E-state index < -0.39 is 24.3 Å². The van der Waals surface area contributed by atoms with Crippen molar-refractivity contribution in [3.63, 3.8) is 0 Å². The number of carbonyl (C=O) groups excluding carboxylic acids is 4. The van der Waals surface area contributed by atoms with Crippen molar-refractivity contribution in [2.75, 3.05) is 27.3 Å². The van der Waals surface area contributed by atoms with E-state index in [1.165, 1.54) is 14.2 Å². The summed E-state index contributed by atoms with van der Waals surface area (Å²) in [5, 5.41) is 5.40. The summed E-state index contributed by atoms with van der Waals surface area (Å²) in [4.78, 5) is 67.9. The highest BCUT2D eigenvalue weighted by atomic mass is 16.5. The lowest BCUT2D eigenvalue weighted by Crippen LogP contribution is -2.53. The van der Waals surface area contributed by atoms with Crippen LogP contribution in [0, 0.1) is 23.7 Å². The Morgan fingerprint density at radius 1 is 0.808 bits per heavy atom. The number of methoxy groups -OCH3 is 2. The molecule has 0 radical (unpaired) electrons. The molecule has 3 aromatic rings. The summed E-state index contributed by atoms with van der Waals surface area (Å²) < 4.78 is 9.51. The lowest BCUT2D eigenvalue weighted by atomic mass is 9.99. The van der Waals surface area contributed by atoms with Gasteiger partial charge in [-0.2, -0.15) is 0 Å². The zero-order valence-corrected chi connectivity index (χ0v) is 30.6. The largest absolute Gasteiger partial charge is 0.453 e. The molecule has 0 aliphatic carbocycles. The molecule has 2 fully saturated rings. The number of rotatable bonds is 8. The second-order valence-corrected chi connectivity index (χ2v) is 14.3. The molecule has 3 aliphatic rings. The molecule has 3 N–H and O–H groups in total. The number of aromatic nitrogens is 2. The number of aromatic amines is 1. The Kier molecular flexibility index (Phi) is 10.8. The number of benzene rings is 2. The van der Waals surface area contributed by atoms with Gasteiger partial charge in [0.05, 0.1) is 43.0 Å². The summed E-state index contributed by atoms with van der Waals surface area (Å²) in [5.41, 5.74) is 6.17. The van der Waals surface area contributed by atoms with Gasteiger partial charge in [-0.15, -0.1) is 0 Å². The first kappa shape index (κ1) is 36.4. The van der Waals surface area contributed by atoms with E-state index in [0.29, 0.717) is 25.3 Å². The van der Waals surface area contributed by atoms with Crippen molar-refractivity contribution in [3.05, 3.63) is 58.9 Å². The fraction of sp³-hybridized carbons (Fsp3) is 0.487. The van der Waals surface area contributed by atoms with E-state index in [9.17, 15) is 19.2 Å². The van der Waals surface area contributed by atoms with Gasteiger partial charge in [0.1, 0.15) is 17.9 Å². The second-order valence-electron chi connectivity index (χ2n) is 14.3. The van der Waals surface area contributed by atoms with Gasteiger partial charge >= 0.3 is 12.2 Å². The molecule has 4 atom stereocenters. The number of hydrogen-bond acceptors (Lipinski definition) is 8. The van der Waals surface area contributed by atoms with E-state index in [0.717, 1.165) is 64.8 Å². The van der Waals surface area contributed by atoms with Crippen LogP contribution in [-0.4, -0.2) is 94.9 Å². The normalized spacial score (nSPS) is 19.2. The highest BCUT2D eigenvalue weighted by Crippen LogP contribution is 2.34. The van der Waals surface area contributed by atoms with Crippen molar-refractivity contribution in [1.82, 2.24) is 30.4 Å². The predicted octanol–water partition coefficient (Wildman–Crippen LogP) is 5.01. The van der Waals surface area contributed by atoms with Gasteiger partial charge < -0.3 is 34.9 Å². The zero-order valence-electron chi connectivity index (χ0n) is 30.6. The van der Waals surface area contributed by atoms with Gasteiger partial charge in [0.15, 0.2) is 0 Å². The van der Waals surface area contributed by atoms with E-state index in [2.05, 4.69) is 33.5 Å². The highest BCUT2D eigenvalue weighted by Gasteiger charge is 2.39. The van der Waals surface area contributed by atoms with E-state index in [1.807, 2.05) is 62.9 Å². The molecule has 0 saturated carbocycles. The second kappa shape index (κ2) is 15.5. The van der Waals surface area contributed by atoms with Crippen molar-refractivity contribution in [2.24, 2.45) is 16.8 Å². The molecule has 2 aromatic carbocycles. The number of hydrogen-bond donors (Lipinski definition) is 3. The van der Waals surface area contributed by atoms with E-state index in [1.54, 1.807) is 4.90 Å². The molecule has 0 unspecified atom stereocenters. The molecular formula is C39H47N7O6. The molecule has 3 aliphatic heterocycles. The standard InChI is InChI=1S/C39H47N7O6/c1-22(2)33(43-38(49)51-5)36(47)45-17-7-9-31(45)30-21-26-15-13-24(19-28(26)40-30)11-12-25-14-16-27-29(20-25)42-35(41-27)32-10-8-18-46(32)37(48)34(23(3)4)44-39(50)52-6/h13-16,19-20,22-23,31-34H,7-10,17-18,21H2,1-6H3,(H,41,42)(H,43,49)(H,44,50)/t31-,32-,33-,34-/m0/s1. The number of amides is 4. The average Bonchev–Trinajstić information content (AvgIpc) is 3.95. The van der Waals surface area contributed by atoms with Crippen molar-refractivity contribution >= 4 is 46.4 Å². The SMILES string of the molecule is COC(=O)N[C@H](C(=O)N1CCC[C@H]1C1=Nc2cc(C#Cc3ccc4nc([C@@H]5CCCN5C(=O)[C@@H](NC(=O)OC)C(C)C)[nH]c4c3)ccc2C1)C(C)C. The first-order valence-corrected chi connectivity index (χ1v) is 18.0. The monoisotopic (exact) mass is 709 g/mol. The first-order chi connectivity index (χ1) is 25.0. The molecule has 13 heteroatoms. The summed E-state index contributed by atoms with van der Waals surface area (Å²) in [6, 6.07) is 10.1. The number of aliphatic imine (C=N–C) groups is 1. The van der Waals surface area contributed by atoms with Crippen LogP contribution in [0.2, 0.25) is 0 Å². The third-order valence-corrected chi connectivity index (χ3v) is 10.1. The maximum absolute atomic E-state index is 13.6. The fourth-order valence-electron chi connectivity index (χ4n) is 7.33. The van der Waals surface area contributed by atoms with E-state index in [-0.39, 0.29) is 35.7 Å². The molecule has 6 rings (SSSR count). The van der Waals surface area contributed by atoms with Crippen molar-refractivity contribution in [1.29, 1.82) is 0 Å². The molecule has 0 spiro atoms. The number of ether oxygens (including phenoxy) is 2. The Morgan fingerprint density at radius 2 is 1.37 bits per heavy atom. The number of nitrogens with one attached hydrogen (secondary N) is 3. The van der Waals surface area contributed by atoms with E-state index in [4.69, 9.17) is 19.5 Å². The van der Waals surface area contributed by atoms with Crippen LogP contribution in [0.3, 0.4) is 0 Å². The Balaban J connectivity index is 1.16. The van der Waals surface area contributed by atoms with Crippen LogP contribution in [0.1, 0.15) is 81.9 Å². The molecule has 274 valence electrons. The van der Waals surface area contributed by atoms with Gasteiger partial charge in [0.2, 0.25) is 11.8 Å². The first-order valence-electron chi connectivity index (χ1n) is 18.0. The third-order valence-electron chi connectivity index (χ3n) is 10.1. The maximum Gasteiger partial charge on any atom is 0.407 e. The Bertz CT molecular complexity index is 1960. The van der Waals surface area contributed by atoms with Gasteiger partial charge in [0, 0.05) is 36.3 Å². The molecule has 2 saturated heterocycles. The number of H-pyrrole nitrogens is 1. The molecule has 4 heterocycles. The minimum absolute atomic E-state index is 0.0955.